The highest BCUT2D eigenvalue weighted by Gasteiger charge is 2.33. The van der Waals surface area contributed by atoms with Crippen molar-refractivity contribution in [2.75, 3.05) is 4.90 Å². The quantitative estimate of drug-likeness (QED) is 0.932. The van der Waals surface area contributed by atoms with Crippen molar-refractivity contribution >= 4 is 11.6 Å². The van der Waals surface area contributed by atoms with Crippen LogP contribution >= 0.6 is 0 Å². The molecule has 2 aromatic carbocycles. The number of fused-ring (bicyclic) bond motifs is 1. The first-order valence-corrected chi connectivity index (χ1v) is 8.43. The van der Waals surface area contributed by atoms with Gasteiger partial charge in [-0.3, -0.25) is 4.79 Å². The third-order valence-electron chi connectivity index (χ3n) is 4.57. The summed E-state index contributed by atoms with van der Waals surface area (Å²) in [6.07, 6.45) is 0.222. The lowest BCUT2D eigenvalue weighted by atomic mass is 10.0. The lowest BCUT2D eigenvalue weighted by Gasteiger charge is -2.35. The van der Waals surface area contributed by atoms with Gasteiger partial charge in [-0.15, -0.1) is 0 Å². The lowest BCUT2D eigenvalue weighted by Crippen LogP contribution is -2.45. The van der Waals surface area contributed by atoms with Gasteiger partial charge >= 0.3 is 0 Å². The summed E-state index contributed by atoms with van der Waals surface area (Å²) in [7, 11) is 0. The van der Waals surface area contributed by atoms with Crippen molar-refractivity contribution in [3.05, 3.63) is 59.2 Å². The number of anilines is 1. The van der Waals surface area contributed by atoms with Crippen molar-refractivity contribution in [1.29, 1.82) is 0 Å². The predicted molar refractivity (Wildman–Crippen MR) is 96.1 cm³/mol. The van der Waals surface area contributed by atoms with Crippen LogP contribution in [0.3, 0.4) is 0 Å². The summed E-state index contributed by atoms with van der Waals surface area (Å²) in [6.45, 7) is 6.52. The van der Waals surface area contributed by atoms with Crippen LogP contribution in [0.1, 0.15) is 43.0 Å². The molecular weight excluding hydrogens is 300 g/mol. The van der Waals surface area contributed by atoms with E-state index in [2.05, 4.69) is 19.1 Å². The Morgan fingerprint density at radius 2 is 2.00 bits per heavy atom. The molecule has 0 bridgehead atoms. The topological polar surface area (TPSA) is 55.6 Å². The van der Waals surface area contributed by atoms with Crippen LogP contribution in [0.5, 0.6) is 5.75 Å². The molecule has 0 aromatic heterocycles. The molecule has 4 heteroatoms. The van der Waals surface area contributed by atoms with E-state index in [1.165, 1.54) is 5.56 Å². The molecule has 2 N–H and O–H groups in total. The highest BCUT2D eigenvalue weighted by Crippen LogP contribution is 2.37. The van der Waals surface area contributed by atoms with Gasteiger partial charge in [-0.05, 0) is 49.1 Å². The van der Waals surface area contributed by atoms with Gasteiger partial charge in [0.1, 0.15) is 5.75 Å². The first kappa shape index (κ1) is 16.5. The molecule has 1 aliphatic rings. The number of ether oxygens (including phenoxy) is 1. The fourth-order valence-electron chi connectivity index (χ4n) is 3.00. The number of carbonyl (C=O) groups is 1. The molecule has 126 valence electrons. The van der Waals surface area contributed by atoms with Crippen LogP contribution in [0.25, 0.3) is 0 Å². The lowest BCUT2D eigenvalue weighted by molar-refractivity contribution is -0.126. The molecular formula is C20H24N2O2. The SMILES string of the molecule is CCC1Oc2ccc(C(C)N)cc2N(Cc2ccccc2C)C1=O. The Balaban J connectivity index is 2.04. The van der Waals surface area contributed by atoms with Crippen molar-refractivity contribution in [2.45, 2.75) is 45.9 Å². The summed E-state index contributed by atoms with van der Waals surface area (Å²) in [5.41, 5.74) is 10.1. The summed E-state index contributed by atoms with van der Waals surface area (Å²) >= 11 is 0. The number of amides is 1. The third-order valence-corrected chi connectivity index (χ3v) is 4.57. The van der Waals surface area contributed by atoms with Crippen molar-refractivity contribution in [3.8, 4) is 5.75 Å². The maximum absolute atomic E-state index is 12.9. The maximum Gasteiger partial charge on any atom is 0.268 e. The van der Waals surface area contributed by atoms with Gasteiger partial charge in [0.05, 0.1) is 12.2 Å². The Bertz CT molecular complexity index is 755. The predicted octanol–water partition coefficient (Wildman–Crippen LogP) is 3.72. The highest BCUT2D eigenvalue weighted by molar-refractivity contribution is 6.00. The Morgan fingerprint density at radius 1 is 1.25 bits per heavy atom. The van der Waals surface area contributed by atoms with Gasteiger partial charge in [0, 0.05) is 6.04 Å². The van der Waals surface area contributed by atoms with E-state index in [4.69, 9.17) is 10.5 Å². The van der Waals surface area contributed by atoms with Gasteiger partial charge in [0.15, 0.2) is 6.10 Å². The van der Waals surface area contributed by atoms with Crippen molar-refractivity contribution in [1.82, 2.24) is 0 Å². The van der Waals surface area contributed by atoms with E-state index in [1.807, 2.05) is 49.1 Å². The van der Waals surface area contributed by atoms with E-state index in [9.17, 15) is 4.79 Å². The second kappa shape index (κ2) is 6.65. The van der Waals surface area contributed by atoms with E-state index < -0.39 is 6.10 Å². The summed E-state index contributed by atoms with van der Waals surface area (Å²) in [5.74, 6) is 0.759. The smallest absolute Gasteiger partial charge is 0.268 e. The molecule has 0 saturated carbocycles. The van der Waals surface area contributed by atoms with E-state index in [-0.39, 0.29) is 11.9 Å². The second-order valence-electron chi connectivity index (χ2n) is 6.38. The largest absolute Gasteiger partial charge is 0.478 e. The molecule has 2 aromatic rings. The second-order valence-corrected chi connectivity index (χ2v) is 6.38. The fourth-order valence-corrected chi connectivity index (χ4v) is 3.00. The number of hydrogen-bond acceptors (Lipinski definition) is 3. The zero-order chi connectivity index (χ0) is 17.3. The van der Waals surface area contributed by atoms with Crippen LogP contribution in [0.4, 0.5) is 5.69 Å². The Hall–Kier alpha value is -2.33. The normalized spacial score (nSPS) is 18.1. The van der Waals surface area contributed by atoms with Crippen LogP contribution in [-0.2, 0) is 11.3 Å². The number of nitrogens with two attached hydrogens (primary N) is 1. The first-order chi connectivity index (χ1) is 11.5. The van der Waals surface area contributed by atoms with E-state index in [0.717, 1.165) is 22.6 Å². The van der Waals surface area contributed by atoms with Gasteiger partial charge in [-0.2, -0.15) is 0 Å². The van der Waals surface area contributed by atoms with Gasteiger partial charge in [0.2, 0.25) is 0 Å². The Labute approximate surface area is 143 Å². The maximum atomic E-state index is 12.9. The van der Waals surface area contributed by atoms with Crippen LogP contribution < -0.4 is 15.4 Å². The van der Waals surface area contributed by atoms with E-state index >= 15 is 0 Å². The summed E-state index contributed by atoms with van der Waals surface area (Å²) in [6, 6.07) is 13.9. The summed E-state index contributed by atoms with van der Waals surface area (Å²) in [5, 5.41) is 0. The van der Waals surface area contributed by atoms with Gasteiger partial charge in [0.25, 0.3) is 5.91 Å². The van der Waals surface area contributed by atoms with Gasteiger partial charge < -0.3 is 15.4 Å². The van der Waals surface area contributed by atoms with E-state index in [1.54, 1.807) is 0 Å². The Morgan fingerprint density at radius 3 is 2.67 bits per heavy atom. The summed E-state index contributed by atoms with van der Waals surface area (Å²) in [4.78, 5) is 14.7. The fraction of sp³-hybridized carbons (Fsp3) is 0.350. The number of nitrogens with zero attached hydrogens (tertiary/aromatic N) is 1. The minimum atomic E-state index is -0.428. The number of hydrogen-bond donors (Lipinski definition) is 1. The number of carbonyl (C=O) groups excluding carboxylic acids is 1. The molecule has 0 spiro atoms. The average Bonchev–Trinajstić information content (AvgIpc) is 2.58. The summed E-state index contributed by atoms with van der Waals surface area (Å²) < 4.78 is 5.89. The molecule has 2 atom stereocenters. The molecule has 4 nitrogen and oxygen atoms in total. The molecule has 1 amide bonds. The Kier molecular flexibility index (Phi) is 4.58. The molecule has 0 saturated heterocycles. The molecule has 0 aliphatic carbocycles. The number of benzene rings is 2. The molecule has 0 fully saturated rings. The van der Waals surface area contributed by atoms with Gasteiger partial charge in [-0.25, -0.2) is 0 Å². The van der Waals surface area contributed by atoms with Crippen LogP contribution in [-0.4, -0.2) is 12.0 Å². The third kappa shape index (κ3) is 3.02. The first-order valence-electron chi connectivity index (χ1n) is 8.43. The van der Waals surface area contributed by atoms with Crippen LogP contribution in [0, 0.1) is 6.92 Å². The standard InChI is InChI=1S/C20H24N2O2/c1-4-18-20(23)22(12-16-8-6-5-7-13(16)2)17-11-15(14(3)21)9-10-19(17)24-18/h5-11,14,18H,4,12,21H2,1-3H3. The minimum Gasteiger partial charge on any atom is -0.478 e. The monoisotopic (exact) mass is 324 g/mol. The molecule has 1 heterocycles. The molecule has 2 unspecified atom stereocenters. The average molecular weight is 324 g/mol. The highest BCUT2D eigenvalue weighted by atomic mass is 16.5. The number of rotatable bonds is 4. The zero-order valence-electron chi connectivity index (χ0n) is 14.5. The molecule has 3 rings (SSSR count). The van der Waals surface area contributed by atoms with Crippen molar-refractivity contribution in [2.24, 2.45) is 5.73 Å². The molecule has 24 heavy (non-hydrogen) atoms. The zero-order valence-corrected chi connectivity index (χ0v) is 14.5. The molecule has 0 radical (unpaired) electrons. The minimum absolute atomic E-state index is 0.00933. The van der Waals surface area contributed by atoms with E-state index in [0.29, 0.717) is 13.0 Å². The van der Waals surface area contributed by atoms with Crippen LogP contribution in [0.2, 0.25) is 0 Å². The van der Waals surface area contributed by atoms with Crippen LogP contribution in [0.15, 0.2) is 42.5 Å². The van der Waals surface area contributed by atoms with Crippen molar-refractivity contribution in [3.63, 3.8) is 0 Å². The number of aryl methyl sites for hydroxylation is 1. The molecule has 1 aliphatic heterocycles. The van der Waals surface area contributed by atoms with Crippen molar-refractivity contribution < 1.29 is 9.53 Å². The van der Waals surface area contributed by atoms with Gasteiger partial charge in [-0.1, -0.05) is 37.3 Å².